The Bertz CT molecular complexity index is 1120. The third kappa shape index (κ3) is 3.59. The smallest absolute Gasteiger partial charge is 0.272 e. The van der Waals surface area contributed by atoms with E-state index in [1.807, 2.05) is 0 Å². The minimum atomic E-state index is -3.53. The number of piperidine rings is 1. The third-order valence-corrected chi connectivity index (χ3v) is 7.68. The monoisotopic (exact) mass is 429 g/mol. The molecule has 158 valence electrons. The van der Waals surface area contributed by atoms with Crippen molar-refractivity contribution in [2.45, 2.75) is 37.5 Å². The number of anilines is 1. The van der Waals surface area contributed by atoms with Gasteiger partial charge in [-0.1, -0.05) is 6.42 Å². The highest BCUT2D eigenvalue weighted by molar-refractivity contribution is 7.89. The van der Waals surface area contributed by atoms with Crippen LogP contribution in [0, 0.1) is 17.0 Å². The van der Waals surface area contributed by atoms with Crippen LogP contribution >= 0.6 is 0 Å². The summed E-state index contributed by atoms with van der Waals surface area (Å²) in [6, 6.07) is 9.25. The predicted octanol–water partition coefficient (Wildman–Crippen LogP) is 3.28. The molecule has 0 unspecified atom stereocenters. The number of aryl methyl sites for hydroxylation is 1. The van der Waals surface area contributed by atoms with E-state index < -0.39 is 14.9 Å². The molecule has 0 spiro atoms. The van der Waals surface area contributed by atoms with Crippen LogP contribution in [0.2, 0.25) is 0 Å². The summed E-state index contributed by atoms with van der Waals surface area (Å²) >= 11 is 0. The molecule has 2 aromatic carbocycles. The number of amides is 1. The van der Waals surface area contributed by atoms with Crippen molar-refractivity contribution in [3.05, 3.63) is 63.2 Å². The molecule has 0 N–H and O–H groups in total. The lowest BCUT2D eigenvalue weighted by Gasteiger charge is -2.26. The molecule has 8 nitrogen and oxygen atoms in total. The van der Waals surface area contributed by atoms with Crippen LogP contribution in [0.5, 0.6) is 0 Å². The van der Waals surface area contributed by atoms with E-state index in [2.05, 4.69) is 0 Å². The second kappa shape index (κ2) is 7.81. The Morgan fingerprint density at radius 3 is 2.43 bits per heavy atom. The summed E-state index contributed by atoms with van der Waals surface area (Å²) in [6.45, 7) is 3.13. The highest BCUT2D eigenvalue weighted by Gasteiger charge is 2.30. The van der Waals surface area contributed by atoms with Gasteiger partial charge in [0.15, 0.2) is 0 Å². The van der Waals surface area contributed by atoms with Gasteiger partial charge in [-0.2, -0.15) is 4.31 Å². The largest absolute Gasteiger partial charge is 0.308 e. The minimum Gasteiger partial charge on any atom is -0.308 e. The quantitative estimate of drug-likeness (QED) is 0.548. The summed E-state index contributed by atoms with van der Waals surface area (Å²) in [6.07, 6.45) is 3.37. The Morgan fingerprint density at radius 1 is 1.03 bits per heavy atom. The summed E-state index contributed by atoms with van der Waals surface area (Å²) in [4.78, 5) is 25.4. The van der Waals surface area contributed by atoms with E-state index in [9.17, 15) is 23.3 Å². The number of rotatable bonds is 4. The molecule has 0 atom stereocenters. The van der Waals surface area contributed by atoms with Gasteiger partial charge in [0.05, 0.1) is 9.82 Å². The van der Waals surface area contributed by atoms with Gasteiger partial charge in [-0.25, -0.2) is 8.42 Å². The highest BCUT2D eigenvalue weighted by atomic mass is 32.2. The van der Waals surface area contributed by atoms with Gasteiger partial charge in [-0.3, -0.25) is 14.9 Å². The SMILES string of the molecule is Cc1cc(C(=O)N2CCc3cc(S(=O)(=O)N4CCCCC4)ccc32)ccc1[N+](=O)[O-]. The molecule has 0 bridgehead atoms. The van der Waals surface area contributed by atoms with E-state index in [-0.39, 0.29) is 16.5 Å². The first-order valence-corrected chi connectivity index (χ1v) is 11.4. The highest BCUT2D eigenvalue weighted by Crippen LogP contribution is 2.33. The molecule has 30 heavy (non-hydrogen) atoms. The van der Waals surface area contributed by atoms with Gasteiger partial charge in [-0.15, -0.1) is 0 Å². The molecule has 1 fully saturated rings. The van der Waals surface area contributed by atoms with Gasteiger partial charge < -0.3 is 4.90 Å². The van der Waals surface area contributed by atoms with Crippen molar-refractivity contribution >= 4 is 27.3 Å². The molecule has 2 heterocycles. The van der Waals surface area contributed by atoms with Crippen LogP contribution in [0.4, 0.5) is 11.4 Å². The summed E-state index contributed by atoms with van der Waals surface area (Å²) in [7, 11) is -3.53. The normalized spacial score (nSPS) is 17.0. The van der Waals surface area contributed by atoms with Crippen molar-refractivity contribution in [1.29, 1.82) is 0 Å². The maximum Gasteiger partial charge on any atom is 0.272 e. The molecule has 2 aliphatic rings. The second-order valence-electron chi connectivity index (χ2n) is 7.72. The summed E-state index contributed by atoms with van der Waals surface area (Å²) < 4.78 is 27.4. The number of carbonyl (C=O) groups excluding carboxylic acids is 1. The van der Waals surface area contributed by atoms with E-state index in [1.165, 1.54) is 22.5 Å². The molecule has 1 saturated heterocycles. The lowest BCUT2D eigenvalue weighted by atomic mass is 10.1. The molecule has 0 aliphatic carbocycles. The molecule has 0 radical (unpaired) electrons. The number of fused-ring (bicyclic) bond motifs is 1. The Hall–Kier alpha value is -2.78. The number of benzene rings is 2. The van der Waals surface area contributed by atoms with E-state index >= 15 is 0 Å². The van der Waals surface area contributed by atoms with Gasteiger partial charge in [0.1, 0.15) is 0 Å². The fourth-order valence-corrected chi connectivity index (χ4v) is 5.72. The van der Waals surface area contributed by atoms with Gasteiger partial charge in [0, 0.05) is 42.5 Å². The number of nitrogens with zero attached hydrogens (tertiary/aromatic N) is 3. The van der Waals surface area contributed by atoms with E-state index in [4.69, 9.17) is 0 Å². The van der Waals surface area contributed by atoms with Crippen molar-refractivity contribution in [2.24, 2.45) is 0 Å². The van der Waals surface area contributed by atoms with Crippen molar-refractivity contribution in [3.8, 4) is 0 Å². The number of hydrogen-bond donors (Lipinski definition) is 0. The van der Waals surface area contributed by atoms with Gasteiger partial charge >= 0.3 is 0 Å². The third-order valence-electron chi connectivity index (χ3n) is 5.78. The van der Waals surface area contributed by atoms with Crippen LogP contribution in [0.15, 0.2) is 41.3 Å². The number of carbonyl (C=O) groups is 1. The maximum atomic E-state index is 13.0. The lowest BCUT2D eigenvalue weighted by molar-refractivity contribution is -0.385. The number of sulfonamides is 1. The molecule has 0 saturated carbocycles. The molecule has 2 aromatic rings. The zero-order valence-electron chi connectivity index (χ0n) is 16.7. The molecule has 2 aliphatic heterocycles. The number of nitro benzene ring substituents is 1. The first-order valence-electron chi connectivity index (χ1n) is 9.99. The van der Waals surface area contributed by atoms with E-state index in [0.29, 0.717) is 42.9 Å². The van der Waals surface area contributed by atoms with Crippen LogP contribution in [0.3, 0.4) is 0 Å². The molecule has 0 aromatic heterocycles. The molecule has 9 heteroatoms. The maximum absolute atomic E-state index is 13.0. The Labute approximate surface area is 175 Å². The van der Waals surface area contributed by atoms with Crippen molar-refractivity contribution < 1.29 is 18.1 Å². The molecule has 1 amide bonds. The average molecular weight is 429 g/mol. The first kappa shape index (κ1) is 20.5. The zero-order valence-corrected chi connectivity index (χ0v) is 17.5. The van der Waals surface area contributed by atoms with Crippen LogP contribution in [0.1, 0.15) is 40.7 Å². The minimum absolute atomic E-state index is 0.0269. The van der Waals surface area contributed by atoms with Gasteiger partial charge in [-0.05, 0) is 62.1 Å². The molecule has 4 rings (SSSR count). The predicted molar refractivity (Wildman–Crippen MR) is 112 cm³/mol. The summed E-state index contributed by atoms with van der Waals surface area (Å²) in [5.41, 5.74) is 2.28. The Morgan fingerprint density at radius 2 is 1.77 bits per heavy atom. The Balaban J connectivity index is 1.60. The topological polar surface area (TPSA) is 101 Å². The fraction of sp³-hybridized carbons (Fsp3) is 0.381. The summed E-state index contributed by atoms with van der Waals surface area (Å²) in [5.74, 6) is -0.251. The first-order chi connectivity index (χ1) is 14.3. The van der Waals surface area contributed by atoms with Crippen LogP contribution in [-0.4, -0.2) is 43.2 Å². The van der Waals surface area contributed by atoms with Crippen LogP contribution < -0.4 is 4.90 Å². The number of hydrogen-bond acceptors (Lipinski definition) is 5. The van der Waals surface area contributed by atoms with Crippen LogP contribution in [-0.2, 0) is 16.4 Å². The summed E-state index contributed by atoms with van der Waals surface area (Å²) in [5, 5.41) is 11.0. The van der Waals surface area contributed by atoms with Crippen molar-refractivity contribution in [2.75, 3.05) is 24.5 Å². The van der Waals surface area contributed by atoms with Gasteiger partial charge in [0.2, 0.25) is 10.0 Å². The van der Waals surface area contributed by atoms with E-state index in [1.54, 1.807) is 30.0 Å². The van der Waals surface area contributed by atoms with Crippen LogP contribution in [0.25, 0.3) is 0 Å². The zero-order chi connectivity index (χ0) is 21.5. The van der Waals surface area contributed by atoms with Crippen molar-refractivity contribution in [1.82, 2.24) is 4.31 Å². The van der Waals surface area contributed by atoms with E-state index in [0.717, 1.165) is 24.8 Å². The number of nitro groups is 1. The average Bonchev–Trinajstić information content (AvgIpc) is 3.16. The second-order valence-corrected chi connectivity index (χ2v) is 9.66. The standard InChI is InChI=1S/C21H23N3O5S/c1-15-13-17(5-7-19(15)24(26)27)21(25)23-12-9-16-14-18(6-8-20(16)23)30(28,29)22-10-3-2-4-11-22/h5-8,13-14H,2-4,9-12H2,1H3. The molecular formula is C21H23N3O5S. The fourth-order valence-electron chi connectivity index (χ4n) is 4.15. The Kier molecular flexibility index (Phi) is 5.33. The molecular weight excluding hydrogens is 406 g/mol. The lowest BCUT2D eigenvalue weighted by Crippen LogP contribution is -2.35. The van der Waals surface area contributed by atoms with Gasteiger partial charge in [0.25, 0.3) is 11.6 Å². The van der Waals surface area contributed by atoms with Crippen molar-refractivity contribution in [3.63, 3.8) is 0 Å².